The molecule has 0 aliphatic carbocycles. The summed E-state index contributed by atoms with van der Waals surface area (Å²) < 4.78 is 74.0. The molecule has 6 nitrogen and oxygen atoms in total. The maximum atomic E-state index is 13.6. The van der Waals surface area contributed by atoms with Crippen LogP contribution in [0.1, 0.15) is 24.3 Å². The Balaban J connectivity index is 2.17. The highest BCUT2D eigenvalue weighted by atomic mass is 32.2. The second-order valence-electron chi connectivity index (χ2n) is 7.12. The van der Waals surface area contributed by atoms with Gasteiger partial charge in [0.25, 0.3) is 0 Å². The SMILES string of the molecule is N=S(=O)(CCC(c1ccc(-c2ccc(F)cc2O)cc1)C(F)(F)F)CC[C@H](N)C(=O)O. The molecule has 5 N–H and O–H groups in total. The molecule has 0 aromatic heterocycles. The first-order valence-electron chi connectivity index (χ1n) is 9.18. The number of rotatable bonds is 9. The fraction of sp³-hybridized carbons (Fsp3) is 0.350. The lowest BCUT2D eigenvalue weighted by atomic mass is 9.93. The Hall–Kier alpha value is -2.66. The lowest BCUT2D eigenvalue weighted by Gasteiger charge is -2.22. The molecule has 170 valence electrons. The van der Waals surface area contributed by atoms with Crippen LogP contribution in [0.15, 0.2) is 42.5 Å². The average molecular weight is 462 g/mol. The zero-order valence-electron chi connectivity index (χ0n) is 16.2. The quantitative estimate of drug-likeness (QED) is 0.418. The molecule has 3 atom stereocenters. The fourth-order valence-corrected chi connectivity index (χ4v) is 4.47. The van der Waals surface area contributed by atoms with Gasteiger partial charge in [-0.3, -0.25) is 9.57 Å². The number of hydrogen-bond acceptors (Lipinski definition) is 5. The Kier molecular flexibility index (Phi) is 7.66. The molecule has 0 bridgehead atoms. The van der Waals surface area contributed by atoms with E-state index >= 15 is 0 Å². The maximum absolute atomic E-state index is 13.6. The lowest BCUT2D eigenvalue weighted by molar-refractivity contribution is -0.150. The topological polar surface area (TPSA) is 124 Å². The van der Waals surface area contributed by atoms with Crippen LogP contribution in [0.4, 0.5) is 17.6 Å². The molecule has 31 heavy (non-hydrogen) atoms. The molecule has 0 fully saturated rings. The van der Waals surface area contributed by atoms with Crippen molar-refractivity contribution in [2.45, 2.75) is 31.0 Å². The van der Waals surface area contributed by atoms with Gasteiger partial charge in [0.05, 0.1) is 5.92 Å². The van der Waals surface area contributed by atoms with E-state index < -0.39 is 57.6 Å². The van der Waals surface area contributed by atoms with E-state index in [1.807, 2.05) is 0 Å². The van der Waals surface area contributed by atoms with E-state index in [2.05, 4.69) is 0 Å². The van der Waals surface area contributed by atoms with Crippen LogP contribution in [0.5, 0.6) is 5.75 Å². The zero-order chi connectivity index (χ0) is 23.4. The predicted molar refractivity (Wildman–Crippen MR) is 108 cm³/mol. The highest BCUT2D eigenvalue weighted by Crippen LogP contribution is 2.39. The standard InChI is InChI=1S/C20H22F4N2O4S/c21-14-5-6-15(18(27)11-14)12-1-3-13(4-2-12)16(20(22,23)24)7-9-31(26,30)10-8-17(25)19(28)29/h1-6,11,16-17,26-27H,7-10,25H2,(H,28,29)/t16?,17-,31?/m0/s1. The summed E-state index contributed by atoms with van der Waals surface area (Å²) in [7, 11) is -3.45. The summed E-state index contributed by atoms with van der Waals surface area (Å²) in [6, 6.07) is 7.10. The van der Waals surface area contributed by atoms with E-state index in [-0.39, 0.29) is 23.3 Å². The Morgan fingerprint density at radius 3 is 2.19 bits per heavy atom. The van der Waals surface area contributed by atoms with Crippen LogP contribution in [-0.4, -0.2) is 44.1 Å². The third-order valence-electron chi connectivity index (χ3n) is 4.79. The van der Waals surface area contributed by atoms with Crippen molar-refractivity contribution in [2.75, 3.05) is 11.5 Å². The third-order valence-corrected chi connectivity index (χ3v) is 6.58. The molecule has 0 saturated carbocycles. The Morgan fingerprint density at radius 1 is 1.10 bits per heavy atom. The van der Waals surface area contributed by atoms with Gasteiger partial charge in [-0.15, -0.1) is 0 Å². The van der Waals surface area contributed by atoms with Crippen molar-refractivity contribution in [3.63, 3.8) is 0 Å². The summed E-state index contributed by atoms with van der Waals surface area (Å²) in [5, 5.41) is 18.6. The first-order chi connectivity index (χ1) is 14.3. The number of benzene rings is 2. The van der Waals surface area contributed by atoms with Gasteiger partial charge in [-0.2, -0.15) is 13.2 Å². The Labute approximate surface area is 176 Å². The van der Waals surface area contributed by atoms with Gasteiger partial charge in [-0.25, -0.2) is 8.60 Å². The largest absolute Gasteiger partial charge is 0.507 e. The van der Waals surface area contributed by atoms with E-state index in [0.717, 1.165) is 12.1 Å². The van der Waals surface area contributed by atoms with Crippen LogP contribution in [0.2, 0.25) is 0 Å². The molecule has 0 aliphatic heterocycles. The smallest absolute Gasteiger partial charge is 0.395 e. The summed E-state index contributed by atoms with van der Waals surface area (Å²) in [6.45, 7) is 0. The predicted octanol–water partition coefficient (Wildman–Crippen LogP) is 4.08. The molecule has 0 spiro atoms. The number of aliphatic carboxylic acids is 1. The van der Waals surface area contributed by atoms with Gasteiger partial charge in [0.15, 0.2) is 0 Å². The van der Waals surface area contributed by atoms with E-state index in [1.165, 1.54) is 30.3 Å². The van der Waals surface area contributed by atoms with Crippen molar-refractivity contribution in [1.82, 2.24) is 0 Å². The fourth-order valence-electron chi connectivity index (χ4n) is 3.01. The molecule has 0 saturated heterocycles. The third kappa shape index (κ3) is 6.93. The van der Waals surface area contributed by atoms with Crippen molar-refractivity contribution in [2.24, 2.45) is 5.73 Å². The molecule has 2 unspecified atom stereocenters. The van der Waals surface area contributed by atoms with Crippen LogP contribution in [0, 0.1) is 10.6 Å². The van der Waals surface area contributed by atoms with Crippen molar-refractivity contribution in [3.05, 3.63) is 53.8 Å². The number of phenolic OH excluding ortho intramolecular Hbond substituents is 1. The summed E-state index contributed by atoms with van der Waals surface area (Å²) in [6.07, 6.45) is -5.55. The Bertz CT molecular complexity index is 1020. The molecular formula is C20H22F4N2O4S. The molecule has 2 aromatic carbocycles. The molecule has 0 aliphatic rings. The molecule has 2 rings (SSSR count). The molecule has 0 radical (unpaired) electrons. The number of alkyl halides is 3. The van der Waals surface area contributed by atoms with E-state index in [1.54, 1.807) is 0 Å². The minimum Gasteiger partial charge on any atom is -0.507 e. The molecule has 2 aromatic rings. The Morgan fingerprint density at radius 2 is 1.68 bits per heavy atom. The molecule has 11 heteroatoms. The number of hydrogen-bond donors (Lipinski definition) is 4. The van der Waals surface area contributed by atoms with Gasteiger partial charge < -0.3 is 15.9 Å². The first kappa shape index (κ1) is 24.6. The molecular weight excluding hydrogens is 440 g/mol. The minimum absolute atomic E-state index is 0.115. The number of carboxylic acids is 1. The molecule has 0 amide bonds. The summed E-state index contributed by atoms with van der Waals surface area (Å²) in [4.78, 5) is 10.7. The van der Waals surface area contributed by atoms with E-state index in [4.69, 9.17) is 15.6 Å². The zero-order valence-corrected chi connectivity index (χ0v) is 17.0. The highest BCUT2D eigenvalue weighted by molar-refractivity contribution is 7.92. The number of halogens is 4. The van der Waals surface area contributed by atoms with Crippen molar-refractivity contribution in [1.29, 1.82) is 4.78 Å². The lowest BCUT2D eigenvalue weighted by Crippen LogP contribution is -2.32. The van der Waals surface area contributed by atoms with Gasteiger partial charge >= 0.3 is 12.1 Å². The van der Waals surface area contributed by atoms with Crippen LogP contribution in [-0.2, 0) is 14.5 Å². The van der Waals surface area contributed by atoms with Gasteiger partial charge in [-0.05, 0) is 36.1 Å². The van der Waals surface area contributed by atoms with E-state index in [0.29, 0.717) is 5.56 Å². The average Bonchev–Trinajstić information content (AvgIpc) is 2.66. The number of aromatic hydroxyl groups is 1. The monoisotopic (exact) mass is 462 g/mol. The summed E-state index contributed by atoms with van der Waals surface area (Å²) in [5.74, 6) is -5.30. The van der Waals surface area contributed by atoms with Gasteiger partial charge in [0, 0.05) is 32.9 Å². The van der Waals surface area contributed by atoms with Crippen LogP contribution in [0.25, 0.3) is 11.1 Å². The van der Waals surface area contributed by atoms with Gasteiger partial charge in [0.1, 0.15) is 17.6 Å². The number of phenols is 1. The van der Waals surface area contributed by atoms with Gasteiger partial charge in [0.2, 0.25) is 0 Å². The van der Waals surface area contributed by atoms with Crippen LogP contribution < -0.4 is 5.73 Å². The summed E-state index contributed by atoms with van der Waals surface area (Å²) >= 11 is 0. The van der Waals surface area contributed by atoms with Crippen LogP contribution >= 0.6 is 0 Å². The maximum Gasteiger partial charge on any atom is 0.395 e. The number of nitrogens with one attached hydrogen (secondary N) is 1. The highest BCUT2D eigenvalue weighted by Gasteiger charge is 2.40. The normalized spacial score (nSPS) is 15.8. The number of carboxylic acid groups (broad SMARTS) is 1. The van der Waals surface area contributed by atoms with E-state index in [9.17, 15) is 31.7 Å². The molecule has 0 heterocycles. The van der Waals surface area contributed by atoms with Crippen LogP contribution in [0.3, 0.4) is 0 Å². The second kappa shape index (κ2) is 9.65. The number of nitrogens with two attached hydrogens (primary N) is 1. The van der Waals surface area contributed by atoms with Crippen molar-refractivity contribution >= 4 is 15.7 Å². The minimum atomic E-state index is -4.66. The van der Waals surface area contributed by atoms with Gasteiger partial charge in [-0.1, -0.05) is 24.3 Å². The second-order valence-corrected chi connectivity index (χ2v) is 9.56. The number of carbonyl (C=O) groups is 1. The summed E-state index contributed by atoms with van der Waals surface area (Å²) in [5.41, 5.74) is 5.81. The first-order valence-corrected chi connectivity index (χ1v) is 11.1. The van der Waals surface area contributed by atoms with Crippen molar-refractivity contribution in [3.8, 4) is 16.9 Å². The van der Waals surface area contributed by atoms with Crippen molar-refractivity contribution < 1.29 is 36.8 Å².